The molecule has 6 nitrogen and oxygen atoms in total. The van der Waals surface area contributed by atoms with Gasteiger partial charge in [0.1, 0.15) is 0 Å². The molecule has 6 heteroatoms. The third-order valence-electron chi connectivity index (χ3n) is 5.03. The highest BCUT2D eigenvalue weighted by Crippen LogP contribution is 2.39. The lowest BCUT2D eigenvalue weighted by Gasteiger charge is -2.18. The molecule has 0 radical (unpaired) electrons. The van der Waals surface area contributed by atoms with Crippen molar-refractivity contribution >= 4 is 11.6 Å². The van der Waals surface area contributed by atoms with Crippen molar-refractivity contribution in [2.75, 3.05) is 37.8 Å². The monoisotopic (exact) mass is 412 g/mol. The first-order chi connectivity index (χ1) is 14.7. The Balaban J connectivity index is 1.70. The van der Waals surface area contributed by atoms with Crippen molar-refractivity contribution in [1.82, 2.24) is 5.32 Å². The maximum Gasteiger partial charge on any atom is 0.251 e. The number of carbonyl (C=O) groups is 1. The van der Waals surface area contributed by atoms with E-state index in [0.717, 1.165) is 18.7 Å². The number of rotatable bonds is 10. The van der Waals surface area contributed by atoms with E-state index in [2.05, 4.69) is 34.5 Å². The number of anilines is 1. The molecule has 1 heterocycles. The van der Waals surface area contributed by atoms with Crippen LogP contribution in [0.15, 0.2) is 36.4 Å². The normalized spacial score (nSPS) is 13.2. The van der Waals surface area contributed by atoms with Crippen molar-refractivity contribution in [2.24, 2.45) is 0 Å². The highest BCUT2D eigenvalue weighted by Gasteiger charge is 2.18. The molecule has 0 saturated carbocycles. The van der Waals surface area contributed by atoms with Gasteiger partial charge in [0.25, 0.3) is 5.91 Å². The standard InChI is InChI=1S/C24H32N2O4/c1-4-28-21-15-19(16-22(29-5-2)23(21)30-6-3)24(27)25-17-18-9-11-20(12-10-18)26-13-7-8-14-26/h9-12,15-16H,4-8,13-14,17H2,1-3H3,(H,25,27). The maximum absolute atomic E-state index is 12.8. The van der Waals surface area contributed by atoms with Crippen LogP contribution in [0, 0.1) is 0 Å². The van der Waals surface area contributed by atoms with Gasteiger partial charge < -0.3 is 24.4 Å². The first-order valence-electron chi connectivity index (χ1n) is 10.8. The van der Waals surface area contributed by atoms with Gasteiger partial charge in [0.15, 0.2) is 11.5 Å². The Kier molecular flexibility index (Phi) is 7.82. The molecule has 3 rings (SSSR count). The van der Waals surface area contributed by atoms with E-state index < -0.39 is 0 Å². The van der Waals surface area contributed by atoms with Crippen molar-refractivity contribution in [2.45, 2.75) is 40.2 Å². The number of benzene rings is 2. The summed E-state index contributed by atoms with van der Waals surface area (Å²) < 4.78 is 17.1. The summed E-state index contributed by atoms with van der Waals surface area (Å²) in [5.74, 6) is 1.40. The lowest BCUT2D eigenvalue weighted by molar-refractivity contribution is 0.0949. The van der Waals surface area contributed by atoms with E-state index in [9.17, 15) is 4.79 Å². The molecule has 0 atom stereocenters. The molecular formula is C24H32N2O4. The third-order valence-corrected chi connectivity index (χ3v) is 5.03. The second-order valence-corrected chi connectivity index (χ2v) is 7.14. The number of amides is 1. The number of nitrogens with one attached hydrogen (secondary N) is 1. The summed E-state index contributed by atoms with van der Waals surface area (Å²) in [5.41, 5.74) is 2.79. The van der Waals surface area contributed by atoms with Gasteiger partial charge in [0.2, 0.25) is 5.75 Å². The van der Waals surface area contributed by atoms with E-state index in [4.69, 9.17) is 14.2 Å². The minimum Gasteiger partial charge on any atom is -0.490 e. The van der Waals surface area contributed by atoms with Crippen LogP contribution in [0.5, 0.6) is 17.2 Å². The van der Waals surface area contributed by atoms with Crippen LogP contribution in [0.4, 0.5) is 5.69 Å². The van der Waals surface area contributed by atoms with Gasteiger partial charge in [-0.1, -0.05) is 12.1 Å². The highest BCUT2D eigenvalue weighted by atomic mass is 16.5. The number of hydrogen-bond donors (Lipinski definition) is 1. The quantitative estimate of drug-likeness (QED) is 0.626. The Bertz CT molecular complexity index is 803. The SMILES string of the molecule is CCOc1cc(C(=O)NCc2ccc(N3CCCC3)cc2)cc(OCC)c1OCC. The molecule has 2 aromatic rings. The average molecular weight is 413 g/mol. The number of hydrogen-bond acceptors (Lipinski definition) is 5. The van der Waals surface area contributed by atoms with Crippen molar-refractivity contribution in [3.05, 3.63) is 47.5 Å². The molecule has 30 heavy (non-hydrogen) atoms. The van der Waals surface area contributed by atoms with Crippen LogP contribution >= 0.6 is 0 Å². The minimum atomic E-state index is -0.177. The van der Waals surface area contributed by atoms with E-state index in [1.807, 2.05) is 20.8 Å². The maximum atomic E-state index is 12.8. The van der Waals surface area contributed by atoms with Gasteiger partial charge in [-0.2, -0.15) is 0 Å². The molecule has 1 aliphatic heterocycles. The fourth-order valence-corrected chi connectivity index (χ4v) is 3.60. The lowest BCUT2D eigenvalue weighted by atomic mass is 10.1. The van der Waals surface area contributed by atoms with Crippen LogP contribution in [-0.4, -0.2) is 38.8 Å². The summed E-state index contributed by atoms with van der Waals surface area (Å²) in [6.45, 7) is 9.83. The van der Waals surface area contributed by atoms with Gasteiger partial charge in [0, 0.05) is 30.9 Å². The van der Waals surface area contributed by atoms with Crippen molar-refractivity contribution in [3.8, 4) is 17.2 Å². The molecule has 1 saturated heterocycles. The average Bonchev–Trinajstić information content (AvgIpc) is 3.30. The second-order valence-electron chi connectivity index (χ2n) is 7.14. The molecule has 0 aromatic heterocycles. The predicted octanol–water partition coefficient (Wildman–Crippen LogP) is 4.41. The van der Waals surface area contributed by atoms with Crippen LogP contribution in [0.1, 0.15) is 49.5 Å². The van der Waals surface area contributed by atoms with E-state index >= 15 is 0 Å². The van der Waals surface area contributed by atoms with E-state index in [1.165, 1.54) is 18.5 Å². The summed E-state index contributed by atoms with van der Waals surface area (Å²) in [4.78, 5) is 15.2. The summed E-state index contributed by atoms with van der Waals surface area (Å²) in [5, 5.41) is 2.99. The third kappa shape index (κ3) is 5.38. The van der Waals surface area contributed by atoms with Crippen molar-refractivity contribution < 1.29 is 19.0 Å². The largest absolute Gasteiger partial charge is 0.490 e. The summed E-state index contributed by atoms with van der Waals surface area (Å²) in [6, 6.07) is 11.8. The first-order valence-corrected chi connectivity index (χ1v) is 10.8. The molecule has 0 unspecified atom stereocenters. The molecule has 1 fully saturated rings. The fourth-order valence-electron chi connectivity index (χ4n) is 3.60. The van der Waals surface area contributed by atoms with Crippen LogP contribution in [0.3, 0.4) is 0 Å². The van der Waals surface area contributed by atoms with E-state index in [-0.39, 0.29) is 5.91 Å². The van der Waals surface area contributed by atoms with Gasteiger partial charge in [0.05, 0.1) is 19.8 Å². The molecule has 1 amide bonds. The van der Waals surface area contributed by atoms with Crippen LogP contribution < -0.4 is 24.4 Å². The molecule has 0 aliphatic carbocycles. The lowest BCUT2D eigenvalue weighted by Crippen LogP contribution is -2.23. The Morgan fingerprint density at radius 3 is 2.00 bits per heavy atom. The van der Waals surface area contributed by atoms with Gasteiger partial charge in [-0.05, 0) is 63.4 Å². The molecule has 1 aliphatic rings. The number of nitrogens with zero attached hydrogens (tertiary/aromatic N) is 1. The Morgan fingerprint density at radius 2 is 1.47 bits per heavy atom. The van der Waals surface area contributed by atoms with Crippen molar-refractivity contribution in [1.29, 1.82) is 0 Å². The zero-order valence-corrected chi connectivity index (χ0v) is 18.2. The smallest absolute Gasteiger partial charge is 0.251 e. The molecule has 2 aromatic carbocycles. The summed E-state index contributed by atoms with van der Waals surface area (Å²) in [6.07, 6.45) is 2.51. The van der Waals surface area contributed by atoms with Gasteiger partial charge >= 0.3 is 0 Å². The Labute approximate surface area is 179 Å². The second kappa shape index (κ2) is 10.8. The minimum absolute atomic E-state index is 0.177. The van der Waals surface area contributed by atoms with Crippen molar-refractivity contribution in [3.63, 3.8) is 0 Å². The van der Waals surface area contributed by atoms with Crippen LogP contribution in [0.25, 0.3) is 0 Å². The molecule has 0 spiro atoms. The number of carbonyl (C=O) groups excluding carboxylic acids is 1. The zero-order valence-electron chi connectivity index (χ0n) is 18.2. The van der Waals surface area contributed by atoms with Gasteiger partial charge in [-0.3, -0.25) is 4.79 Å². The molecule has 0 bridgehead atoms. The topological polar surface area (TPSA) is 60.0 Å². The number of ether oxygens (including phenoxy) is 3. The summed E-state index contributed by atoms with van der Waals surface area (Å²) in [7, 11) is 0. The fraction of sp³-hybridized carbons (Fsp3) is 0.458. The molecule has 162 valence electrons. The predicted molar refractivity (Wildman–Crippen MR) is 119 cm³/mol. The van der Waals surface area contributed by atoms with Crippen LogP contribution in [-0.2, 0) is 6.54 Å². The Hall–Kier alpha value is -2.89. The Morgan fingerprint density at radius 1 is 0.900 bits per heavy atom. The molecular weight excluding hydrogens is 380 g/mol. The summed E-state index contributed by atoms with van der Waals surface area (Å²) >= 11 is 0. The highest BCUT2D eigenvalue weighted by molar-refractivity contribution is 5.95. The van der Waals surface area contributed by atoms with Crippen LogP contribution in [0.2, 0.25) is 0 Å². The zero-order chi connectivity index (χ0) is 21.3. The van der Waals surface area contributed by atoms with Gasteiger partial charge in [-0.15, -0.1) is 0 Å². The van der Waals surface area contributed by atoms with E-state index in [0.29, 0.717) is 49.2 Å². The van der Waals surface area contributed by atoms with E-state index in [1.54, 1.807) is 12.1 Å². The molecule has 1 N–H and O–H groups in total. The van der Waals surface area contributed by atoms with Gasteiger partial charge in [-0.25, -0.2) is 0 Å². The first kappa shape index (κ1) is 21.8.